The predicted molar refractivity (Wildman–Crippen MR) is 75.6 cm³/mol. The number of imide groups is 1. The second kappa shape index (κ2) is 4.77. The van der Waals surface area contributed by atoms with Gasteiger partial charge < -0.3 is 5.11 Å². The van der Waals surface area contributed by atoms with Gasteiger partial charge in [-0.05, 0) is 30.9 Å². The highest BCUT2D eigenvalue weighted by molar-refractivity contribution is 6.32. The van der Waals surface area contributed by atoms with Crippen molar-refractivity contribution < 1.29 is 14.7 Å². The summed E-state index contributed by atoms with van der Waals surface area (Å²) in [6.07, 6.45) is 2.60. The minimum atomic E-state index is -0.190. The van der Waals surface area contributed by atoms with Crippen molar-refractivity contribution in [2.24, 2.45) is 17.8 Å². The van der Waals surface area contributed by atoms with E-state index in [0.717, 1.165) is 19.3 Å². The lowest BCUT2D eigenvalue weighted by molar-refractivity contribution is -0.123. The Labute approximate surface area is 122 Å². The monoisotopic (exact) mass is 293 g/mol. The molecule has 2 fully saturated rings. The van der Waals surface area contributed by atoms with Gasteiger partial charge in [0.15, 0.2) is 0 Å². The van der Waals surface area contributed by atoms with Gasteiger partial charge in [0.05, 0.1) is 22.5 Å². The van der Waals surface area contributed by atoms with E-state index in [-0.39, 0.29) is 34.4 Å². The molecule has 1 aliphatic carbocycles. The van der Waals surface area contributed by atoms with E-state index in [1.54, 1.807) is 6.07 Å². The van der Waals surface area contributed by atoms with Crippen LogP contribution in [0, 0.1) is 17.8 Å². The molecule has 0 bridgehead atoms. The number of phenolic OH excluding ortho intramolecular Hbond substituents is 1. The van der Waals surface area contributed by atoms with Crippen molar-refractivity contribution >= 4 is 29.1 Å². The molecule has 1 aromatic rings. The molecule has 1 saturated heterocycles. The first-order valence-electron chi connectivity index (χ1n) is 6.89. The van der Waals surface area contributed by atoms with Gasteiger partial charge in [-0.15, -0.1) is 0 Å². The third-order valence-corrected chi connectivity index (χ3v) is 4.82. The van der Waals surface area contributed by atoms with Crippen LogP contribution < -0.4 is 4.90 Å². The quantitative estimate of drug-likeness (QED) is 0.853. The number of hydrogen-bond donors (Lipinski definition) is 1. The number of fused-ring (bicyclic) bond motifs is 1. The summed E-state index contributed by atoms with van der Waals surface area (Å²) in [6.45, 7) is 2.09. The topological polar surface area (TPSA) is 57.6 Å². The number of carbonyl (C=O) groups is 2. The molecule has 1 aliphatic heterocycles. The molecule has 1 aromatic carbocycles. The molecule has 5 heteroatoms. The molecule has 1 saturated carbocycles. The Bertz CT molecular complexity index is 562. The zero-order valence-corrected chi connectivity index (χ0v) is 11.9. The van der Waals surface area contributed by atoms with Crippen LogP contribution in [0.4, 0.5) is 5.69 Å². The van der Waals surface area contributed by atoms with Crippen LogP contribution in [0.1, 0.15) is 26.2 Å². The van der Waals surface area contributed by atoms with Crippen molar-refractivity contribution in [2.75, 3.05) is 4.90 Å². The predicted octanol–water partition coefficient (Wildman–Crippen LogP) is 2.97. The summed E-state index contributed by atoms with van der Waals surface area (Å²) in [7, 11) is 0. The Kier molecular flexibility index (Phi) is 3.21. The van der Waals surface area contributed by atoms with E-state index in [0.29, 0.717) is 11.6 Å². The molecule has 0 aromatic heterocycles. The van der Waals surface area contributed by atoms with Gasteiger partial charge in [0.25, 0.3) is 0 Å². The Morgan fingerprint density at radius 1 is 1.25 bits per heavy atom. The average Bonchev–Trinajstić information content (AvgIpc) is 2.94. The number of hydrogen-bond acceptors (Lipinski definition) is 3. The number of rotatable bonds is 2. The van der Waals surface area contributed by atoms with Crippen molar-refractivity contribution in [3.8, 4) is 5.75 Å². The van der Waals surface area contributed by atoms with Gasteiger partial charge >= 0.3 is 0 Å². The summed E-state index contributed by atoms with van der Waals surface area (Å²) in [6, 6.07) is 4.46. The van der Waals surface area contributed by atoms with Crippen LogP contribution in [0.2, 0.25) is 5.02 Å². The lowest BCUT2D eigenvalue weighted by atomic mass is 10.00. The second-order valence-electron chi connectivity index (χ2n) is 5.61. The molecular formula is C15H16ClNO3. The van der Waals surface area contributed by atoms with E-state index < -0.39 is 0 Å². The van der Waals surface area contributed by atoms with E-state index >= 15 is 0 Å². The van der Waals surface area contributed by atoms with E-state index in [2.05, 4.69) is 6.92 Å². The average molecular weight is 294 g/mol. The molecule has 4 nitrogen and oxygen atoms in total. The molecule has 0 radical (unpaired) electrons. The summed E-state index contributed by atoms with van der Waals surface area (Å²) in [5.74, 6) is -0.308. The highest BCUT2D eigenvalue weighted by atomic mass is 35.5. The largest absolute Gasteiger partial charge is 0.506 e. The minimum absolute atomic E-state index is 0.117. The lowest BCUT2D eigenvalue weighted by Gasteiger charge is -2.18. The first-order valence-corrected chi connectivity index (χ1v) is 7.27. The number of benzene rings is 1. The molecule has 2 atom stereocenters. The van der Waals surface area contributed by atoms with Crippen LogP contribution in [0.15, 0.2) is 18.2 Å². The lowest BCUT2D eigenvalue weighted by Crippen LogP contribution is -2.32. The van der Waals surface area contributed by atoms with Crippen molar-refractivity contribution in [2.45, 2.75) is 26.2 Å². The summed E-state index contributed by atoms with van der Waals surface area (Å²) in [5.41, 5.74) is 0.407. The molecule has 2 aliphatic rings. The van der Waals surface area contributed by atoms with Crippen LogP contribution >= 0.6 is 11.6 Å². The maximum atomic E-state index is 12.4. The molecular weight excluding hydrogens is 278 g/mol. The molecule has 0 spiro atoms. The van der Waals surface area contributed by atoms with Gasteiger partial charge in [-0.2, -0.15) is 0 Å². The van der Waals surface area contributed by atoms with Crippen molar-refractivity contribution in [3.63, 3.8) is 0 Å². The molecule has 2 amide bonds. The summed E-state index contributed by atoms with van der Waals surface area (Å²) >= 11 is 5.76. The van der Waals surface area contributed by atoms with Crippen LogP contribution in [-0.4, -0.2) is 16.9 Å². The molecule has 1 N–H and O–H groups in total. The smallest absolute Gasteiger partial charge is 0.237 e. The van der Waals surface area contributed by atoms with Gasteiger partial charge in [-0.1, -0.05) is 24.9 Å². The number of amides is 2. The minimum Gasteiger partial charge on any atom is -0.506 e. The molecule has 1 heterocycles. The van der Waals surface area contributed by atoms with Crippen LogP contribution in [0.5, 0.6) is 5.75 Å². The number of phenols is 1. The van der Waals surface area contributed by atoms with Crippen molar-refractivity contribution in [1.82, 2.24) is 0 Å². The van der Waals surface area contributed by atoms with Crippen LogP contribution in [0.25, 0.3) is 0 Å². The van der Waals surface area contributed by atoms with Crippen molar-refractivity contribution in [3.05, 3.63) is 23.2 Å². The number of carbonyl (C=O) groups excluding carboxylic acids is 2. The van der Waals surface area contributed by atoms with E-state index in [9.17, 15) is 14.7 Å². The van der Waals surface area contributed by atoms with Crippen LogP contribution in [0.3, 0.4) is 0 Å². The fourth-order valence-electron chi connectivity index (χ4n) is 3.36. The summed E-state index contributed by atoms with van der Waals surface area (Å²) < 4.78 is 0. The first-order chi connectivity index (χ1) is 9.52. The van der Waals surface area contributed by atoms with Gasteiger partial charge in [0.1, 0.15) is 5.75 Å². The SMILES string of the molecule is CCC1CC2C(=O)N(c3ccc(Cl)c(O)c3)C(=O)C2C1. The summed E-state index contributed by atoms with van der Waals surface area (Å²) in [4.78, 5) is 26.1. The van der Waals surface area contributed by atoms with Crippen LogP contribution in [-0.2, 0) is 9.59 Å². The Balaban J connectivity index is 1.91. The maximum absolute atomic E-state index is 12.4. The van der Waals surface area contributed by atoms with Crippen molar-refractivity contribution in [1.29, 1.82) is 0 Å². The molecule has 3 rings (SSSR count). The fraction of sp³-hybridized carbons (Fsp3) is 0.467. The first kappa shape index (κ1) is 13.4. The normalized spacial score (nSPS) is 29.1. The second-order valence-corrected chi connectivity index (χ2v) is 6.01. The van der Waals surface area contributed by atoms with Gasteiger partial charge in [0.2, 0.25) is 11.8 Å². The zero-order valence-electron chi connectivity index (χ0n) is 11.2. The number of nitrogens with zero attached hydrogens (tertiary/aromatic N) is 1. The Morgan fingerprint density at radius 2 is 1.85 bits per heavy atom. The third kappa shape index (κ3) is 1.90. The molecule has 20 heavy (non-hydrogen) atoms. The Hall–Kier alpha value is -1.55. The fourth-order valence-corrected chi connectivity index (χ4v) is 3.47. The van der Waals surface area contributed by atoms with Gasteiger partial charge in [0, 0.05) is 6.07 Å². The maximum Gasteiger partial charge on any atom is 0.237 e. The molecule has 2 unspecified atom stereocenters. The van der Waals surface area contributed by atoms with Gasteiger partial charge in [-0.25, -0.2) is 4.90 Å². The summed E-state index contributed by atoms with van der Waals surface area (Å²) in [5, 5.41) is 9.84. The number of aromatic hydroxyl groups is 1. The standard InChI is InChI=1S/C15H16ClNO3/c1-2-8-5-10-11(6-8)15(20)17(14(10)19)9-3-4-12(16)13(18)7-9/h3-4,7-8,10-11,18H,2,5-6H2,1H3. The van der Waals surface area contributed by atoms with E-state index in [4.69, 9.17) is 11.6 Å². The van der Waals surface area contributed by atoms with Gasteiger partial charge in [-0.3, -0.25) is 9.59 Å². The van der Waals surface area contributed by atoms with E-state index in [1.165, 1.54) is 17.0 Å². The number of anilines is 1. The zero-order chi connectivity index (χ0) is 14.4. The van der Waals surface area contributed by atoms with E-state index in [1.807, 2.05) is 0 Å². The third-order valence-electron chi connectivity index (χ3n) is 4.50. The number of halogens is 1. The Morgan fingerprint density at radius 3 is 2.35 bits per heavy atom. The highest BCUT2D eigenvalue weighted by Gasteiger charge is 2.52. The highest BCUT2D eigenvalue weighted by Crippen LogP contribution is 2.46. The molecule has 106 valence electrons.